The number of nitrogens with zero attached hydrogens (tertiary/aromatic N) is 2. The summed E-state index contributed by atoms with van der Waals surface area (Å²) in [5, 5.41) is 7.63. The Bertz CT molecular complexity index is 982. The molecule has 0 saturated heterocycles. The van der Waals surface area contributed by atoms with E-state index >= 15 is 0 Å². The van der Waals surface area contributed by atoms with E-state index in [9.17, 15) is 9.59 Å². The molecule has 1 amide bonds. The van der Waals surface area contributed by atoms with Crippen molar-refractivity contribution in [1.29, 1.82) is 0 Å². The molecule has 124 valence electrons. The van der Waals surface area contributed by atoms with Crippen LogP contribution in [0.2, 0.25) is 0 Å². The Morgan fingerprint density at radius 1 is 1.25 bits per heavy atom. The van der Waals surface area contributed by atoms with Crippen LogP contribution in [0, 0.1) is 6.92 Å². The Balaban J connectivity index is 2.02. The van der Waals surface area contributed by atoms with E-state index in [1.54, 1.807) is 19.1 Å². The Hall–Kier alpha value is -2.54. The topological polar surface area (TPSA) is 87.7 Å². The minimum absolute atomic E-state index is 0.150. The van der Waals surface area contributed by atoms with Gasteiger partial charge in [-0.3, -0.25) is 9.59 Å². The van der Waals surface area contributed by atoms with Crippen LogP contribution in [0.5, 0.6) is 0 Å². The molecule has 7 heteroatoms. The molecule has 3 aromatic rings. The van der Waals surface area contributed by atoms with Crippen LogP contribution in [0.4, 0.5) is 5.69 Å². The molecular formula is C17H18N4O2S. The average Bonchev–Trinajstić information content (AvgIpc) is 2.91. The van der Waals surface area contributed by atoms with E-state index in [0.29, 0.717) is 21.8 Å². The standard InChI is InChI=1S/C17H18N4O2S/c1-9-15(24-21-20-9)16(23)18-10-5-6-11-12(17(2,3)4)8-14(22)19-13(11)7-10/h5-8H,1-4H3,(H,18,23)(H,19,22). The average molecular weight is 342 g/mol. The molecule has 0 aliphatic heterocycles. The minimum atomic E-state index is -0.254. The number of benzene rings is 1. The van der Waals surface area contributed by atoms with Gasteiger partial charge in [0.2, 0.25) is 5.56 Å². The lowest BCUT2D eigenvalue weighted by Gasteiger charge is -2.21. The number of amides is 1. The van der Waals surface area contributed by atoms with E-state index in [-0.39, 0.29) is 16.9 Å². The highest BCUT2D eigenvalue weighted by atomic mass is 32.1. The Morgan fingerprint density at radius 2 is 2.00 bits per heavy atom. The van der Waals surface area contributed by atoms with E-state index in [2.05, 4.69) is 40.7 Å². The lowest BCUT2D eigenvalue weighted by atomic mass is 9.85. The molecule has 2 N–H and O–H groups in total. The fraction of sp³-hybridized carbons (Fsp3) is 0.294. The largest absolute Gasteiger partial charge is 0.322 e. The van der Waals surface area contributed by atoms with Gasteiger partial charge in [0.25, 0.3) is 5.91 Å². The molecule has 0 saturated carbocycles. The van der Waals surface area contributed by atoms with Crippen molar-refractivity contribution < 1.29 is 4.79 Å². The second-order valence-corrected chi connectivity index (χ2v) is 7.45. The van der Waals surface area contributed by atoms with E-state index < -0.39 is 0 Å². The van der Waals surface area contributed by atoms with E-state index in [4.69, 9.17) is 0 Å². The number of anilines is 1. The maximum atomic E-state index is 12.3. The number of aromatic amines is 1. The number of hydrogen-bond acceptors (Lipinski definition) is 5. The normalized spacial score (nSPS) is 11.7. The van der Waals surface area contributed by atoms with Gasteiger partial charge < -0.3 is 10.3 Å². The van der Waals surface area contributed by atoms with Crippen LogP contribution in [-0.4, -0.2) is 20.5 Å². The van der Waals surface area contributed by atoms with Crippen molar-refractivity contribution in [3.63, 3.8) is 0 Å². The molecule has 0 radical (unpaired) electrons. The third-order valence-electron chi connectivity index (χ3n) is 3.77. The lowest BCUT2D eigenvalue weighted by molar-refractivity contribution is 0.103. The summed E-state index contributed by atoms with van der Waals surface area (Å²) in [4.78, 5) is 27.5. The van der Waals surface area contributed by atoms with Gasteiger partial charge in [-0.1, -0.05) is 31.3 Å². The second kappa shape index (κ2) is 5.83. The Kier molecular flexibility index (Phi) is 3.96. The van der Waals surface area contributed by atoms with E-state index in [1.807, 2.05) is 12.1 Å². The second-order valence-electron chi connectivity index (χ2n) is 6.70. The van der Waals surface area contributed by atoms with Crippen molar-refractivity contribution >= 4 is 34.0 Å². The summed E-state index contributed by atoms with van der Waals surface area (Å²) >= 11 is 1.06. The number of aryl methyl sites for hydroxylation is 1. The zero-order chi connectivity index (χ0) is 17.5. The van der Waals surface area contributed by atoms with E-state index in [0.717, 1.165) is 22.5 Å². The first-order valence-electron chi connectivity index (χ1n) is 7.53. The van der Waals surface area contributed by atoms with Crippen molar-refractivity contribution in [2.45, 2.75) is 33.1 Å². The molecule has 0 aliphatic carbocycles. The number of hydrogen-bond donors (Lipinski definition) is 2. The van der Waals surface area contributed by atoms with Crippen LogP contribution in [0.25, 0.3) is 10.9 Å². The number of aromatic nitrogens is 3. The highest BCUT2D eigenvalue weighted by molar-refractivity contribution is 7.08. The van der Waals surface area contributed by atoms with Crippen LogP contribution in [-0.2, 0) is 5.41 Å². The van der Waals surface area contributed by atoms with Gasteiger partial charge in [-0.2, -0.15) is 0 Å². The Morgan fingerprint density at radius 3 is 2.62 bits per heavy atom. The molecule has 24 heavy (non-hydrogen) atoms. The predicted molar refractivity (Wildman–Crippen MR) is 95.9 cm³/mol. The summed E-state index contributed by atoms with van der Waals surface area (Å²) in [5.41, 5.74) is 2.58. The van der Waals surface area contributed by atoms with Crippen molar-refractivity contribution in [1.82, 2.24) is 14.6 Å². The number of pyridine rings is 1. The van der Waals surface area contributed by atoms with Gasteiger partial charge in [0.15, 0.2) is 0 Å². The SMILES string of the molecule is Cc1nnsc1C(=O)Nc1ccc2c(C(C)(C)C)cc(=O)[nH]c2c1. The van der Waals surface area contributed by atoms with Crippen LogP contribution in [0.1, 0.15) is 41.7 Å². The van der Waals surface area contributed by atoms with Crippen LogP contribution >= 0.6 is 11.5 Å². The van der Waals surface area contributed by atoms with Gasteiger partial charge in [-0.25, -0.2) is 0 Å². The molecular weight excluding hydrogens is 324 g/mol. The molecule has 2 aromatic heterocycles. The first kappa shape index (κ1) is 16.3. The highest BCUT2D eigenvalue weighted by Gasteiger charge is 2.19. The maximum Gasteiger partial charge on any atom is 0.269 e. The number of carbonyl (C=O) groups excluding carboxylic acids is 1. The zero-order valence-corrected chi connectivity index (χ0v) is 14.7. The van der Waals surface area contributed by atoms with Gasteiger partial charge in [0, 0.05) is 17.1 Å². The first-order valence-corrected chi connectivity index (χ1v) is 8.31. The van der Waals surface area contributed by atoms with Gasteiger partial charge >= 0.3 is 0 Å². The van der Waals surface area contributed by atoms with Gasteiger partial charge in [-0.15, -0.1) is 5.10 Å². The predicted octanol–water partition coefficient (Wildman–Crippen LogP) is 3.24. The van der Waals surface area contributed by atoms with Crippen molar-refractivity contribution in [2.75, 3.05) is 5.32 Å². The Labute approximate surface area is 143 Å². The molecule has 6 nitrogen and oxygen atoms in total. The van der Waals surface area contributed by atoms with Crippen LogP contribution in [0.3, 0.4) is 0 Å². The zero-order valence-electron chi connectivity index (χ0n) is 13.9. The third kappa shape index (κ3) is 3.07. The molecule has 3 rings (SSSR count). The quantitative estimate of drug-likeness (QED) is 0.748. The summed E-state index contributed by atoms with van der Waals surface area (Å²) in [6.45, 7) is 7.94. The molecule has 0 spiro atoms. The molecule has 1 aromatic carbocycles. The number of fused-ring (bicyclic) bond motifs is 1. The number of H-pyrrole nitrogens is 1. The number of rotatable bonds is 2. The smallest absolute Gasteiger partial charge is 0.269 e. The van der Waals surface area contributed by atoms with E-state index in [1.165, 1.54) is 0 Å². The van der Waals surface area contributed by atoms with Crippen molar-refractivity contribution in [2.24, 2.45) is 0 Å². The molecule has 0 fully saturated rings. The van der Waals surface area contributed by atoms with Gasteiger partial charge in [0.1, 0.15) is 4.88 Å². The number of carbonyl (C=O) groups is 1. The minimum Gasteiger partial charge on any atom is -0.322 e. The fourth-order valence-electron chi connectivity index (χ4n) is 2.59. The van der Waals surface area contributed by atoms with Gasteiger partial charge in [-0.05, 0) is 41.6 Å². The fourth-order valence-corrected chi connectivity index (χ4v) is 3.14. The molecule has 0 atom stereocenters. The molecule has 0 bridgehead atoms. The summed E-state index contributed by atoms with van der Waals surface area (Å²) in [7, 11) is 0. The van der Waals surface area contributed by atoms with Crippen molar-refractivity contribution in [3.8, 4) is 0 Å². The van der Waals surface area contributed by atoms with Crippen LogP contribution < -0.4 is 10.9 Å². The molecule has 0 unspecified atom stereocenters. The van der Waals surface area contributed by atoms with Crippen LogP contribution in [0.15, 0.2) is 29.1 Å². The lowest BCUT2D eigenvalue weighted by Crippen LogP contribution is -2.17. The van der Waals surface area contributed by atoms with Crippen molar-refractivity contribution in [3.05, 3.63) is 50.8 Å². The summed E-state index contributed by atoms with van der Waals surface area (Å²) in [6.07, 6.45) is 0. The first-order chi connectivity index (χ1) is 11.3. The number of nitrogens with one attached hydrogen (secondary N) is 2. The summed E-state index contributed by atoms with van der Waals surface area (Å²) < 4.78 is 3.77. The van der Waals surface area contributed by atoms with Gasteiger partial charge in [0.05, 0.1) is 11.2 Å². The molecule has 2 heterocycles. The summed E-state index contributed by atoms with van der Waals surface area (Å²) in [5.74, 6) is -0.254. The monoisotopic (exact) mass is 342 g/mol. The third-order valence-corrected chi connectivity index (χ3v) is 4.59. The maximum absolute atomic E-state index is 12.3. The molecule has 0 aliphatic rings. The highest BCUT2D eigenvalue weighted by Crippen LogP contribution is 2.29. The summed E-state index contributed by atoms with van der Waals surface area (Å²) in [6, 6.07) is 7.15.